The average Bonchev–Trinajstić information content (AvgIpc) is 2.53. The number of amides is 1. The molecule has 1 atom stereocenters. The quantitative estimate of drug-likeness (QED) is 0.634. The summed E-state index contributed by atoms with van der Waals surface area (Å²) >= 11 is 1.19. The van der Waals surface area contributed by atoms with Gasteiger partial charge in [0.1, 0.15) is 0 Å². The van der Waals surface area contributed by atoms with Crippen LogP contribution >= 0.6 is 11.8 Å². The topological polar surface area (TPSA) is 74.8 Å². The van der Waals surface area contributed by atoms with Crippen LogP contribution in [0.4, 0.5) is 5.69 Å². The molecule has 2 aromatic rings. The van der Waals surface area contributed by atoms with Crippen LogP contribution in [0.1, 0.15) is 31.7 Å². The molecule has 0 aliphatic rings. The molecule has 0 radical (unpaired) electrons. The molecule has 1 aromatic carbocycles. The number of H-pyrrole nitrogens is 1. The van der Waals surface area contributed by atoms with E-state index in [1.54, 1.807) is 0 Å². The number of rotatable bonds is 6. The Labute approximate surface area is 133 Å². The number of benzene rings is 1. The number of hydrogen-bond donors (Lipinski definition) is 2. The van der Waals surface area contributed by atoms with Crippen LogP contribution in [-0.2, 0) is 4.79 Å². The van der Waals surface area contributed by atoms with Crippen LogP contribution in [0.3, 0.4) is 0 Å². The van der Waals surface area contributed by atoms with Crippen LogP contribution in [0.15, 0.2) is 46.5 Å². The van der Waals surface area contributed by atoms with Crippen LogP contribution in [-0.4, -0.2) is 21.6 Å². The summed E-state index contributed by atoms with van der Waals surface area (Å²) in [6, 6.07) is 9.22. The van der Waals surface area contributed by atoms with Gasteiger partial charge in [-0.3, -0.25) is 9.59 Å². The van der Waals surface area contributed by atoms with Crippen molar-refractivity contribution < 1.29 is 4.79 Å². The predicted octanol–water partition coefficient (Wildman–Crippen LogP) is 3.01. The highest BCUT2D eigenvalue weighted by molar-refractivity contribution is 7.99. The molecule has 2 N–H and O–H groups in total. The molecular formula is C16H19N3O2S. The molecule has 2 rings (SSSR count). The molecule has 0 spiro atoms. The lowest BCUT2D eigenvalue weighted by molar-refractivity contribution is -0.113. The third kappa shape index (κ3) is 4.73. The largest absolute Gasteiger partial charge is 0.325 e. The van der Waals surface area contributed by atoms with E-state index in [1.807, 2.05) is 24.3 Å². The van der Waals surface area contributed by atoms with Crippen LogP contribution in [0.2, 0.25) is 0 Å². The Morgan fingerprint density at radius 1 is 1.32 bits per heavy atom. The SMILES string of the molecule is CC[C@@H](C)c1ccc(NC(=O)CSc2nccc(=O)[nH]2)cc1. The van der Waals surface area contributed by atoms with E-state index in [4.69, 9.17) is 0 Å². The van der Waals surface area contributed by atoms with Gasteiger partial charge >= 0.3 is 0 Å². The minimum Gasteiger partial charge on any atom is -0.325 e. The fraction of sp³-hybridized carbons (Fsp3) is 0.312. The first-order valence-electron chi connectivity index (χ1n) is 7.16. The number of aromatic amines is 1. The van der Waals surface area contributed by atoms with Crippen molar-refractivity contribution in [3.8, 4) is 0 Å². The maximum atomic E-state index is 11.9. The maximum Gasteiger partial charge on any atom is 0.251 e. The Morgan fingerprint density at radius 3 is 2.68 bits per heavy atom. The number of carbonyl (C=O) groups excluding carboxylic acids is 1. The summed E-state index contributed by atoms with van der Waals surface area (Å²) in [4.78, 5) is 29.6. The Bertz CT molecular complexity index is 682. The highest BCUT2D eigenvalue weighted by Crippen LogP contribution is 2.20. The summed E-state index contributed by atoms with van der Waals surface area (Å²) in [6.45, 7) is 4.33. The van der Waals surface area contributed by atoms with Crippen molar-refractivity contribution >= 4 is 23.4 Å². The molecule has 22 heavy (non-hydrogen) atoms. The molecule has 1 aromatic heterocycles. The number of hydrogen-bond acceptors (Lipinski definition) is 4. The fourth-order valence-corrected chi connectivity index (χ4v) is 2.54. The number of carbonyl (C=O) groups is 1. The number of nitrogens with zero attached hydrogens (tertiary/aromatic N) is 1. The van der Waals surface area contributed by atoms with E-state index in [1.165, 1.54) is 29.6 Å². The molecular weight excluding hydrogens is 298 g/mol. The highest BCUT2D eigenvalue weighted by atomic mass is 32.2. The van der Waals surface area contributed by atoms with E-state index in [0.717, 1.165) is 12.1 Å². The standard InChI is InChI=1S/C16H19N3O2S/c1-3-11(2)12-4-6-13(7-5-12)18-15(21)10-22-16-17-9-8-14(20)19-16/h4-9,11H,3,10H2,1-2H3,(H,18,21)(H,17,19,20)/t11-/m1/s1. The van der Waals surface area contributed by atoms with E-state index in [9.17, 15) is 9.59 Å². The number of thioether (sulfide) groups is 1. The van der Waals surface area contributed by atoms with Crippen molar-refractivity contribution in [2.24, 2.45) is 0 Å². The number of aromatic nitrogens is 2. The molecule has 5 nitrogen and oxygen atoms in total. The molecule has 116 valence electrons. The van der Waals surface area contributed by atoms with Crippen LogP contribution in [0.25, 0.3) is 0 Å². The molecule has 0 bridgehead atoms. The highest BCUT2D eigenvalue weighted by Gasteiger charge is 2.06. The summed E-state index contributed by atoms with van der Waals surface area (Å²) in [5.41, 5.74) is 1.81. The summed E-state index contributed by atoms with van der Waals surface area (Å²) in [7, 11) is 0. The Balaban J connectivity index is 1.88. The summed E-state index contributed by atoms with van der Waals surface area (Å²) in [6.07, 6.45) is 2.51. The van der Waals surface area contributed by atoms with Crippen LogP contribution < -0.4 is 10.9 Å². The molecule has 1 amide bonds. The maximum absolute atomic E-state index is 11.9. The first-order valence-corrected chi connectivity index (χ1v) is 8.15. The van der Waals surface area contributed by atoms with E-state index in [2.05, 4.69) is 29.1 Å². The van der Waals surface area contributed by atoms with Crippen molar-refractivity contribution in [1.29, 1.82) is 0 Å². The van der Waals surface area contributed by atoms with E-state index < -0.39 is 0 Å². The van der Waals surface area contributed by atoms with Gasteiger partial charge in [0.05, 0.1) is 5.75 Å². The third-order valence-electron chi connectivity index (χ3n) is 3.36. The van der Waals surface area contributed by atoms with Gasteiger partial charge < -0.3 is 10.3 Å². The van der Waals surface area contributed by atoms with Gasteiger partial charge in [0.2, 0.25) is 5.91 Å². The smallest absolute Gasteiger partial charge is 0.251 e. The fourth-order valence-electron chi connectivity index (χ4n) is 1.89. The van der Waals surface area contributed by atoms with Crippen molar-refractivity contribution in [1.82, 2.24) is 9.97 Å². The normalized spacial score (nSPS) is 11.9. The van der Waals surface area contributed by atoms with Gasteiger partial charge in [0, 0.05) is 18.0 Å². The lowest BCUT2D eigenvalue weighted by Gasteiger charge is -2.10. The van der Waals surface area contributed by atoms with Crippen molar-refractivity contribution in [2.45, 2.75) is 31.3 Å². The van der Waals surface area contributed by atoms with Crippen molar-refractivity contribution in [3.05, 3.63) is 52.4 Å². The van der Waals surface area contributed by atoms with Gasteiger partial charge in [0.25, 0.3) is 5.56 Å². The van der Waals surface area contributed by atoms with Crippen molar-refractivity contribution in [2.75, 3.05) is 11.1 Å². The molecule has 6 heteroatoms. The van der Waals surface area contributed by atoms with Gasteiger partial charge in [-0.05, 0) is 30.0 Å². The van der Waals surface area contributed by atoms with Gasteiger partial charge in [-0.15, -0.1) is 0 Å². The van der Waals surface area contributed by atoms with Gasteiger partial charge in [-0.2, -0.15) is 0 Å². The molecule has 0 aliphatic carbocycles. The molecule has 0 fully saturated rings. The molecule has 0 saturated heterocycles. The predicted molar refractivity (Wildman–Crippen MR) is 89.4 cm³/mol. The second-order valence-electron chi connectivity index (χ2n) is 5.01. The summed E-state index contributed by atoms with van der Waals surface area (Å²) in [5, 5.41) is 3.27. The first kappa shape index (κ1) is 16.3. The molecule has 1 heterocycles. The second-order valence-corrected chi connectivity index (χ2v) is 5.97. The monoisotopic (exact) mass is 317 g/mol. The van der Waals surface area contributed by atoms with E-state index >= 15 is 0 Å². The van der Waals surface area contributed by atoms with E-state index in [-0.39, 0.29) is 17.2 Å². The Morgan fingerprint density at radius 2 is 2.05 bits per heavy atom. The Kier molecular flexibility index (Phi) is 5.77. The zero-order chi connectivity index (χ0) is 15.9. The molecule has 0 saturated carbocycles. The van der Waals surface area contributed by atoms with Gasteiger partial charge in [0.15, 0.2) is 5.16 Å². The molecule has 0 unspecified atom stereocenters. The average molecular weight is 317 g/mol. The summed E-state index contributed by atoms with van der Waals surface area (Å²) < 4.78 is 0. The third-order valence-corrected chi connectivity index (χ3v) is 4.25. The number of nitrogens with one attached hydrogen (secondary N) is 2. The lowest BCUT2D eigenvalue weighted by Crippen LogP contribution is -2.15. The Hall–Kier alpha value is -2.08. The zero-order valence-corrected chi connectivity index (χ0v) is 13.4. The zero-order valence-electron chi connectivity index (χ0n) is 12.6. The lowest BCUT2D eigenvalue weighted by atomic mass is 9.99. The minimum atomic E-state index is -0.224. The van der Waals surface area contributed by atoms with E-state index in [0.29, 0.717) is 11.1 Å². The summed E-state index contributed by atoms with van der Waals surface area (Å²) in [5.74, 6) is 0.578. The van der Waals surface area contributed by atoms with Crippen molar-refractivity contribution in [3.63, 3.8) is 0 Å². The van der Waals surface area contributed by atoms with Crippen LogP contribution in [0.5, 0.6) is 0 Å². The first-order chi connectivity index (χ1) is 10.6. The molecule has 0 aliphatic heterocycles. The van der Waals surface area contributed by atoms with Crippen LogP contribution in [0, 0.1) is 0 Å². The second kappa shape index (κ2) is 7.79. The van der Waals surface area contributed by atoms with Gasteiger partial charge in [-0.25, -0.2) is 4.98 Å². The minimum absolute atomic E-state index is 0.132. The van der Waals surface area contributed by atoms with Gasteiger partial charge in [-0.1, -0.05) is 37.7 Å². The number of anilines is 1.